The zero-order valence-electron chi connectivity index (χ0n) is 13.8. The van der Waals surface area contributed by atoms with Gasteiger partial charge < -0.3 is 10.2 Å². The molecule has 0 spiro atoms. The molecule has 112 valence electrons. The molecule has 2 heterocycles. The van der Waals surface area contributed by atoms with Gasteiger partial charge in [-0.15, -0.1) is 0 Å². The Bertz CT molecular complexity index is 452. The van der Waals surface area contributed by atoms with E-state index in [0.29, 0.717) is 0 Å². The zero-order chi connectivity index (χ0) is 14.9. The first-order valence-electron chi connectivity index (χ1n) is 7.72. The van der Waals surface area contributed by atoms with Crippen molar-refractivity contribution < 1.29 is 0 Å². The second kappa shape index (κ2) is 5.72. The van der Waals surface area contributed by atoms with Gasteiger partial charge in [0.2, 0.25) is 0 Å². The van der Waals surface area contributed by atoms with Crippen LogP contribution in [0, 0.1) is 18.8 Å². The van der Waals surface area contributed by atoms with Gasteiger partial charge in [0.25, 0.3) is 0 Å². The lowest BCUT2D eigenvalue weighted by Gasteiger charge is -2.25. The van der Waals surface area contributed by atoms with Crippen LogP contribution in [-0.4, -0.2) is 23.6 Å². The maximum Gasteiger partial charge on any atom is 0.0445 e. The third-order valence-corrected chi connectivity index (χ3v) is 4.24. The summed E-state index contributed by atoms with van der Waals surface area (Å²) in [7, 11) is 0. The molecule has 0 aromatic carbocycles. The molecule has 1 fully saturated rings. The van der Waals surface area contributed by atoms with Gasteiger partial charge in [-0.1, -0.05) is 13.8 Å². The van der Waals surface area contributed by atoms with Crippen molar-refractivity contribution in [3.05, 3.63) is 23.5 Å². The molecule has 0 saturated carbocycles. The molecule has 0 aliphatic carbocycles. The van der Waals surface area contributed by atoms with Crippen LogP contribution in [0.3, 0.4) is 0 Å². The highest BCUT2D eigenvalue weighted by Crippen LogP contribution is 2.30. The van der Waals surface area contributed by atoms with Crippen molar-refractivity contribution >= 4 is 5.69 Å². The molecular weight excluding hydrogens is 246 g/mol. The first-order chi connectivity index (χ1) is 9.26. The number of nitrogens with zero attached hydrogens (tertiary/aromatic N) is 2. The van der Waals surface area contributed by atoms with E-state index in [-0.39, 0.29) is 5.54 Å². The summed E-state index contributed by atoms with van der Waals surface area (Å²) < 4.78 is 0. The number of aryl methyl sites for hydroxylation is 1. The van der Waals surface area contributed by atoms with E-state index in [1.807, 2.05) is 6.20 Å². The third kappa shape index (κ3) is 3.72. The summed E-state index contributed by atoms with van der Waals surface area (Å²) in [5.41, 5.74) is 3.91. The molecule has 2 atom stereocenters. The Morgan fingerprint density at radius 2 is 1.85 bits per heavy atom. The van der Waals surface area contributed by atoms with Crippen molar-refractivity contribution in [1.82, 2.24) is 10.3 Å². The fraction of sp³-hybridized carbons (Fsp3) is 0.706. The Morgan fingerprint density at radius 3 is 2.40 bits per heavy atom. The van der Waals surface area contributed by atoms with E-state index in [9.17, 15) is 0 Å². The van der Waals surface area contributed by atoms with Crippen molar-refractivity contribution in [3.63, 3.8) is 0 Å². The molecule has 0 radical (unpaired) electrons. The van der Waals surface area contributed by atoms with E-state index in [0.717, 1.165) is 37.2 Å². The smallest absolute Gasteiger partial charge is 0.0445 e. The van der Waals surface area contributed by atoms with E-state index >= 15 is 0 Å². The molecule has 0 bridgehead atoms. The molecule has 2 unspecified atom stereocenters. The number of anilines is 1. The molecule has 3 nitrogen and oxygen atoms in total. The van der Waals surface area contributed by atoms with Crippen LogP contribution in [0.1, 0.15) is 45.9 Å². The molecular formula is C17H29N3. The second-order valence-electron chi connectivity index (χ2n) is 7.42. The van der Waals surface area contributed by atoms with Crippen molar-refractivity contribution in [2.24, 2.45) is 11.8 Å². The molecule has 1 aliphatic heterocycles. The van der Waals surface area contributed by atoms with Crippen LogP contribution in [0.2, 0.25) is 0 Å². The Hall–Kier alpha value is -1.09. The molecule has 1 N–H and O–H groups in total. The van der Waals surface area contributed by atoms with Crippen molar-refractivity contribution in [2.45, 2.75) is 53.6 Å². The van der Waals surface area contributed by atoms with Crippen molar-refractivity contribution in [1.29, 1.82) is 0 Å². The van der Waals surface area contributed by atoms with Gasteiger partial charge in [0.05, 0.1) is 0 Å². The summed E-state index contributed by atoms with van der Waals surface area (Å²) >= 11 is 0. The predicted octanol–water partition coefficient (Wildman–Crippen LogP) is 3.37. The molecule has 0 amide bonds. The van der Waals surface area contributed by atoms with Crippen LogP contribution in [-0.2, 0) is 6.54 Å². The lowest BCUT2D eigenvalue weighted by atomic mass is 10.0. The maximum absolute atomic E-state index is 4.48. The highest BCUT2D eigenvalue weighted by atomic mass is 15.2. The lowest BCUT2D eigenvalue weighted by Crippen LogP contribution is -2.35. The van der Waals surface area contributed by atoms with Crippen LogP contribution in [0.25, 0.3) is 0 Å². The van der Waals surface area contributed by atoms with E-state index in [4.69, 9.17) is 0 Å². The van der Waals surface area contributed by atoms with Crippen LogP contribution >= 0.6 is 0 Å². The average Bonchev–Trinajstić information content (AvgIpc) is 2.67. The van der Waals surface area contributed by atoms with Gasteiger partial charge in [-0.05, 0) is 45.6 Å². The van der Waals surface area contributed by atoms with Crippen LogP contribution in [0.5, 0.6) is 0 Å². The molecule has 1 aromatic rings. The summed E-state index contributed by atoms with van der Waals surface area (Å²) in [4.78, 5) is 7.01. The summed E-state index contributed by atoms with van der Waals surface area (Å²) in [6.07, 6.45) is 2.04. The SMILES string of the molecule is Cc1cc(N2CC(C)C(C)C2)c(CNC(C)(C)C)cn1. The highest BCUT2D eigenvalue weighted by molar-refractivity contribution is 5.54. The van der Waals surface area contributed by atoms with Crippen LogP contribution < -0.4 is 10.2 Å². The molecule has 20 heavy (non-hydrogen) atoms. The summed E-state index contributed by atoms with van der Waals surface area (Å²) in [6.45, 7) is 16.6. The topological polar surface area (TPSA) is 28.2 Å². The third-order valence-electron chi connectivity index (χ3n) is 4.24. The predicted molar refractivity (Wildman–Crippen MR) is 86.1 cm³/mol. The Balaban J connectivity index is 2.20. The Morgan fingerprint density at radius 1 is 1.25 bits per heavy atom. The van der Waals surface area contributed by atoms with Crippen molar-refractivity contribution in [2.75, 3.05) is 18.0 Å². The molecule has 1 saturated heterocycles. The fourth-order valence-electron chi connectivity index (χ4n) is 2.69. The quantitative estimate of drug-likeness (QED) is 0.916. The monoisotopic (exact) mass is 275 g/mol. The number of hydrogen-bond acceptors (Lipinski definition) is 3. The largest absolute Gasteiger partial charge is 0.371 e. The number of rotatable bonds is 3. The van der Waals surface area contributed by atoms with Crippen molar-refractivity contribution in [3.8, 4) is 0 Å². The molecule has 2 rings (SSSR count). The Labute approximate surface area is 123 Å². The molecule has 1 aromatic heterocycles. The summed E-state index contributed by atoms with van der Waals surface area (Å²) in [6, 6.07) is 2.24. The van der Waals surface area contributed by atoms with Gasteiger partial charge in [0.15, 0.2) is 0 Å². The van der Waals surface area contributed by atoms with Crippen LogP contribution in [0.15, 0.2) is 12.3 Å². The van der Waals surface area contributed by atoms with Gasteiger partial charge in [0, 0.05) is 48.3 Å². The minimum absolute atomic E-state index is 0.133. The zero-order valence-corrected chi connectivity index (χ0v) is 13.8. The van der Waals surface area contributed by atoms with Gasteiger partial charge in [-0.25, -0.2) is 0 Å². The maximum atomic E-state index is 4.48. The minimum atomic E-state index is 0.133. The van der Waals surface area contributed by atoms with Gasteiger partial charge in [-0.3, -0.25) is 4.98 Å². The van der Waals surface area contributed by atoms with Gasteiger partial charge in [0.1, 0.15) is 0 Å². The molecule has 1 aliphatic rings. The van der Waals surface area contributed by atoms with Gasteiger partial charge >= 0.3 is 0 Å². The highest BCUT2D eigenvalue weighted by Gasteiger charge is 2.27. The normalized spacial score (nSPS) is 23.4. The standard InChI is InChI=1S/C17H29N3/c1-12-10-20(11-13(12)2)16-7-14(3)18-8-15(16)9-19-17(4,5)6/h7-8,12-13,19H,9-11H2,1-6H3. The van der Waals surface area contributed by atoms with E-state index in [1.165, 1.54) is 11.3 Å². The van der Waals surface area contributed by atoms with Crippen LogP contribution in [0.4, 0.5) is 5.69 Å². The first-order valence-corrected chi connectivity index (χ1v) is 7.72. The average molecular weight is 275 g/mol. The number of pyridine rings is 1. The Kier molecular flexibility index (Phi) is 4.38. The van der Waals surface area contributed by atoms with Gasteiger partial charge in [-0.2, -0.15) is 0 Å². The summed E-state index contributed by atoms with van der Waals surface area (Å²) in [5.74, 6) is 1.54. The van der Waals surface area contributed by atoms with E-state index in [1.54, 1.807) is 0 Å². The minimum Gasteiger partial charge on any atom is -0.371 e. The fourth-order valence-corrected chi connectivity index (χ4v) is 2.69. The van der Waals surface area contributed by atoms with E-state index in [2.05, 4.69) is 62.8 Å². The molecule has 3 heteroatoms. The number of nitrogens with one attached hydrogen (secondary N) is 1. The first kappa shape index (κ1) is 15.3. The second-order valence-corrected chi connectivity index (χ2v) is 7.42. The number of aromatic nitrogens is 1. The summed E-state index contributed by atoms with van der Waals surface area (Å²) in [5, 5.41) is 3.58. The lowest BCUT2D eigenvalue weighted by molar-refractivity contribution is 0.424. The number of hydrogen-bond donors (Lipinski definition) is 1. The van der Waals surface area contributed by atoms with E-state index < -0.39 is 0 Å².